The van der Waals surface area contributed by atoms with Gasteiger partial charge in [-0.25, -0.2) is 4.79 Å². The number of hydrogen-bond donors (Lipinski definition) is 0. The van der Waals surface area contributed by atoms with Gasteiger partial charge >= 0.3 is 24.5 Å². The zero-order chi connectivity index (χ0) is 35.8. The molecule has 0 saturated carbocycles. The van der Waals surface area contributed by atoms with Crippen LogP contribution in [0.4, 0.5) is 31.1 Å². The molecule has 0 bridgehead atoms. The number of hydrogen-bond acceptors (Lipinski definition) is 9. The summed E-state index contributed by atoms with van der Waals surface area (Å²) in [4.78, 5) is 25.6. The van der Waals surface area contributed by atoms with Crippen LogP contribution in [0.3, 0.4) is 0 Å². The van der Waals surface area contributed by atoms with Gasteiger partial charge in [-0.15, -0.1) is 5.10 Å². The maximum Gasteiger partial charge on any atom is 0.508 e. The fourth-order valence-corrected chi connectivity index (χ4v) is 4.42. The molecule has 0 saturated heterocycles. The largest absolute Gasteiger partial charge is 0.508 e. The number of aromatic nitrogens is 3. The normalized spacial score (nSPS) is 11.8. The highest BCUT2D eigenvalue weighted by molar-refractivity contribution is 5.71. The predicted molar refractivity (Wildman–Crippen MR) is 158 cm³/mol. The molecule has 1 heterocycles. The molecule has 16 heteroatoms. The Kier molecular flexibility index (Phi) is 11.2. The highest BCUT2D eigenvalue weighted by atomic mass is 19.4. The number of esters is 1. The molecule has 4 aromatic rings. The van der Waals surface area contributed by atoms with Crippen LogP contribution in [0.2, 0.25) is 0 Å². The molecule has 0 fully saturated rings. The smallest absolute Gasteiger partial charge is 0.489 e. The van der Waals surface area contributed by atoms with Gasteiger partial charge in [0.25, 0.3) is 0 Å². The molecular weight excluding hydrogens is 662 g/mol. The quantitative estimate of drug-likeness (QED) is 0.110. The summed E-state index contributed by atoms with van der Waals surface area (Å²) in [5.41, 5.74) is -3.54. The van der Waals surface area contributed by atoms with Crippen LogP contribution in [-0.2, 0) is 51.1 Å². The molecule has 0 unspecified atom stereocenters. The van der Waals surface area contributed by atoms with E-state index in [1.807, 2.05) is 12.1 Å². The molecule has 0 aliphatic carbocycles. The minimum atomic E-state index is -4.92. The molecule has 258 valence electrons. The van der Waals surface area contributed by atoms with Crippen molar-refractivity contribution in [1.82, 2.24) is 15.0 Å². The first-order chi connectivity index (χ1) is 23.0. The summed E-state index contributed by atoms with van der Waals surface area (Å²) in [6, 6.07) is 17.6. The third-order valence-corrected chi connectivity index (χ3v) is 6.68. The van der Waals surface area contributed by atoms with Gasteiger partial charge in [0.05, 0.1) is 24.1 Å². The summed E-state index contributed by atoms with van der Waals surface area (Å²) in [5.74, 6) is -0.603. The molecule has 0 spiro atoms. The van der Waals surface area contributed by atoms with Crippen LogP contribution in [0, 0.1) is 11.3 Å². The Hall–Kier alpha value is -5.59. The zero-order valence-corrected chi connectivity index (χ0v) is 26.0. The molecule has 1 aromatic heterocycles. The van der Waals surface area contributed by atoms with Crippen LogP contribution in [0.1, 0.15) is 48.2 Å². The minimum absolute atomic E-state index is 0.0147. The molecule has 10 nitrogen and oxygen atoms in total. The predicted octanol–water partition coefficient (Wildman–Crippen LogP) is 7.50. The summed E-state index contributed by atoms with van der Waals surface area (Å²) in [5, 5.41) is 17.8. The average Bonchev–Trinajstić information content (AvgIpc) is 3.45. The highest BCUT2D eigenvalue weighted by Gasteiger charge is 2.37. The Morgan fingerprint density at radius 1 is 0.857 bits per heavy atom. The lowest BCUT2D eigenvalue weighted by atomic mass is 10.0. The molecular formula is C33H28F6N4O6. The molecule has 4 rings (SSSR count). The maximum absolute atomic E-state index is 13.5. The van der Waals surface area contributed by atoms with E-state index >= 15 is 0 Å². The van der Waals surface area contributed by atoms with Crippen LogP contribution in [0.15, 0.2) is 72.8 Å². The number of carbonyl (C=O) groups is 2. The monoisotopic (exact) mass is 690 g/mol. The van der Waals surface area contributed by atoms with E-state index in [2.05, 4.69) is 10.2 Å². The molecule has 0 aliphatic heterocycles. The molecule has 0 aliphatic rings. The van der Waals surface area contributed by atoms with Crippen molar-refractivity contribution >= 4 is 12.1 Å². The van der Waals surface area contributed by atoms with Gasteiger partial charge in [0.15, 0.2) is 5.69 Å². The van der Waals surface area contributed by atoms with Crippen molar-refractivity contribution in [2.45, 2.75) is 58.0 Å². The van der Waals surface area contributed by atoms with Gasteiger partial charge in [-0.3, -0.25) is 4.79 Å². The number of nitriles is 1. The van der Waals surface area contributed by atoms with E-state index in [0.29, 0.717) is 18.2 Å². The SMILES string of the molecule is CC(C)(CC(=O)OCc1ccccc1)OC(=O)OCCn1nc(C#N)c(-c2cccc(OCc3cc(C(F)(F)F)ccc3C(F)(F)F)c2)n1. The van der Waals surface area contributed by atoms with Gasteiger partial charge in [-0.05, 0) is 49.7 Å². The van der Waals surface area contributed by atoms with E-state index in [1.54, 1.807) is 24.3 Å². The summed E-state index contributed by atoms with van der Waals surface area (Å²) < 4.78 is 101. The Morgan fingerprint density at radius 2 is 1.59 bits per heavy atom. The molecule has 3 aromatic carbocycles. The van der Waals surface area contributed by atoms with Crippen LogP contribution in [0.5, 0.6) is 5.75 Å². The highest BCUT2D eigenvalue weighted by Crippen LogP contribution is 2.37. The van der Waals surface area contributed by atoms with E-state index in [1.165, 1.54) is 38.1 Å². The van der Waals surface area contributed by atoms with E-state index in [9.17, 15) is 41.2 Å². The van der Waals surface area contributed by atoms with E-state index in [-0.39, 0.29) is 48.9 Å². The number of rotatable bonds is 12. The van der Waals surface area contributed by atoms with Crippen molar-refractivity contribution in [3.63, 3.8) is 0 Å². The lowest BCUT2D eigenvalue weighted by Gasteiger charge is -2.23. The van der Waals surface area contributed by atoms with Crippen molar-refractivity contribution in [3.05, 3.63) is 101 Å². The van der Waals surface area contributed by atoms with Crippen molar-refractivity contribution in [1.29, 1.82) is 5.26 Å². The Morgan fingerprint density at radius 3 is 2.27 bits per heavy atom. The third kappa shape index (κ3) is 10.4. The Balaban J connectivity index is 1.34. The molecule has 0 radical (unpaired) electrons. The average molecular weight is 691 g/mol. The van der Waals surface area contributed by atoms with E-state index in [0.717, 1.165) is 10.4 Å². The molecule has 0 N–H and O–H groups in total. The number of halogens is 6. The van der Waals surface area contributed by atoms with E-state index in [4.69, 9.17) is 18.9 Å². The first kappa shape index (κ1) is 36.2. The van der Waals surface area contributed by atoms with Gasteiger partial charge in [-0.2, -0.15) is 41.5 Å². The van der Waals surface area contributed by atoms with Gasteiger partial charge in [0.1, 0.15) is 42.9 Å². The van der Waals surface area contributed by atoms with E-state index < -0.39 is 53.4 Å². The number of alkyl halides is 6. The number of nitrogens with zero attached hydrogens (tertiary/aromatic N) is 4. The Labute approximate surface area is 275 Å². The number of benzene rings is 3. The molecule has 0 amide bonds. The number of ether oxygens (including phenoxy) is 4. The van der Waals surface area contributed by atoms with Crippen molar-refractivity contribution in [2.75, 3.05) is 6.61 Å². The number of carbonyl (C=O) groups excluding carboxylic acids is 2. The lowest BCUT2D eigenvalue weighted by Crippen LogP contribution is -2.32. The maximum atomic E-state index is 13.5. The van der Waals surface area contributed by atoms with Crippen molar-refractivity contribution in [2.24, 2.45) is 0 Å². The summed E-state index contributed by atoms with van der Waals surface area (Å²) in [6.07, 6.45) is -11.1. The van der Waals surface area contributed by atoms with Crippen molar-refractivity contribution < 1.29 is 54.9 Å². The minimum Gasteiger partial charge on any atom is -0.489 e. The summed E-state index contributed by atoms with van der Waals surface area (Å²) >= 11 is 0. The van der Waals surface area contributed by atoms with Crippen LogP contribution in [-0.4, -0.2) is 39.3 Å². The van der Waals surface area contributed by atoms with Gasteiger partial charge in [0.2, 0.25) is 0 Å². The first-order valence-electron chi connectivity index (χ1n) is 14.5. The first-order valence-corrected chi connectivity index (χ1v) is 14.5. The summed E-state index contributed by atoms with van der Waals surface area (Å²) in [7, 11) is 0. The second-order valence-corrected chi connectivity index (χ2v) is 11.1. The standard InChI is InChI=1S/C33H28F6N4O6/c1-31(2,17-28(44)48-19-21-7-4-3-5-8-21)49-30(45)46-14-13-43-41-27(18-40)29(42-43)22-9-6-10-25(16-22)47-20-23-15-24(32(34,35)36)11-12-26(23)33(37,38)39/h3-12,15-16H,13-14,17,19-20H2,1-2H3. The van der Waals surface area contributed by atoms with Crippen LogP contribution >= 0.6 is 0 Å². The second kappa shape index (κ2) is 15.1. The van der Waals surface area contributed by atoms with Crippen molar-refractivity contribution in [3.8, 4) is 23.1 Å². The third-order valence-electron chi connectivity index (χ3n) is 6.68. The fraction of sp³-hybridized carbons (Fsp3) is 0.303. The fourth-order valence-electron chi connectivity index (χ4n) is 4.42. The molecule has 49 heavy (non-hydrogen) atoms. The topological polar surface area (TPSA) is 126 Å². The van der Waals surface area contributed by atoms with Crippen LogP contribution in [0.25, 0.3) is 11.3 Å². The van der Waals surface area contributed by atoms with Crippen LogP contribution < -0.4 is 4.74 Å². The van der Waals surface area contributed by atoms with Gasteiger partial charge in [0, 0.05) is 11.1 Å². The lowest BCUT2D eigenvalue weighted by molar-refractivity contribution is -0.150. The van der Waals surface area contributed by atoms with Gasteiger partial charge in [-0.1, -0.05) is 42.5 Å². The zero-order valence-electron chi connectivity index (χ0n) is 26.0. The Bertz CT molecular complexity index is 1820. The molecule has 0 atom stereocenters. The summed E-state index contributed by atoms with van der Waals surface area (Å²) in [6.45, 7) is 1.84. The second-order valence-electron chi connectivity index (χ2n) is 11.1. The van der Waals surface area contributed by atoms with Gasteiger partial charge < -0.3 is 18.9 Å².